The fraction of sp³-hybridized carbons (Fsp3) is 0.0909. The van der Waals surface area contributed by atoms with Crippen molar-refractivity contribution in [3.63, 3.8) is 0 Å². The quantitative estimate of drug-likeness (QED) is 0.869. The predicted molar refractivity (Wildman–Crippen MR) is 75.9 cm³/mol. The molecule has 20 heavy (non-hydrogen) atoms. The molecule has 1 aromatic carbocycles. The maximum atomic E-state index is 12.3. The van der Waals surface area contributed by atoms with Crippen molar-refractivity contribution in [1.82, 2.24) is 9.97 Å². The van der Waals surface area contributed by atoms with E-state index in [1.807, 2.05) is 0 Å². The maximum Gasteiger partial charge on any atom is 0.266 e. The summed E-state index contributed by atoms with van der Waals surface area (Å²) in [6.45, 7) is 0. The van der Waals surface area contributed by atoms with Gasteiger partial charge in [0, 0.05) is 17.3 Å². The van der Waals surface area contributed by atoms with E-state index in [-0.39, 0.29) is 21.7 Å². The van der Waals surface area contributed by atoms with Crippen molar-refractivity contribution in [1.29, 1.82) is 0 Å². The van der Waals surface area contributed by atoms with Crippen molar-refractivity contribution in [3.8, 4) is 5.75 Å². The first-order valence-corrected chi connectivity index (χ1v) is 7.51. The van der Waals surface area contributed by atoms with Crippen LogP contribution in [0.1, 0.15) is 0 Å². The van der Waals surface area contributed by atoms with Crippen LogP contribution in [-0.2, 0) is 10.0 Å². The normalized spacial score (nSPS) is 11.2. The first kappa shape index (κ1) is 14.8. The summed E-state index contributed by atoms with van der Waals surface area (Å²) in [7, 11) is -2.52. The van der Waals surface area contributed by atoms with Crippen molar-refractivity contribution < 1.29 is 13.2 Å². The van der Waals surface area contributed by atoms with Crippen LogP contribution in [0.25, 0.3) is 0 Å². The maximum absolute atomic E-state index is 12.3. The second-order valence-electron chi connectivity index (χ2n) is 3.61. The molecular formula is C11H9Cl2N3O3S. The number of sulfonamides is 1. The van der Waals surface area contributed by atoms with E-state index in [0.717, 1.165) is 0 Å². The number of ether oxygens (including phenoxy) is 1. The molecule has 0 spiro atoms. The number of rotatable bonds is 4. The van der Waals surface area contributed by atoms with Gasteiger partial charge in [0.15, 0.2) is 0 Å². The molecule has 0 amide bonds. The second-order valence-corrected chi connectivity index (χ2v) is 6.04. The third-order valence-electron chi connectivity index (χ3n) is 2.28. The summed E-state index contributed by atoms with van der Waals surface area (Å²) in [6.07, 6.45) is 1.34. The van der Waals surface area contributed by atoms with Crippen LogP contribution in [0, 0.1) is 0 Å². The molecule has 1 N–H and O–H groups in total. The van der Waals surface area contributed by atoms with Crippen molar-refractivity contribution >= 4 is 39.0 Å². The summed E-state index contributed by atoms with van der Waals surface area (Å²) in [5.74, 6) is 0.187. The number of nitrogens with one attached hydrogen (secondary N) is 1. The highest BCUT2D eigenvalue weighted by Crippen LogP contribution is 2.28. The number of anilines is 1. The SMILES string of the molecule is COc1cc(Cl)ccc1S(=O)(=O)Nc1ccnc(Cl)n1. The average molecular weight is 334 g/mol. The summed E-state index contributed by atoms with van der Waals surface area (Å²) in [6, 6.07) is 5.58. The highest BCUT2D eigenvalue weighted by Gasteiger charge is 2.20. The van der Waals surface area contributed by atoms with Crippen LogP contribution < -0.4 is 9.46 Å². The van der Waals surface area contributed by atoms with Gasteiger partial charge in [0.1, 0.15) is 16.5 Å². The van der Waals surface area contributed by atoms with Crippen LogP contribution in [0.4, 0.5) is 5.82 Å². The number of benzene rings is 1. The predicted octanol–water partition coefficient (Wildman–Crippen LogP) is 2.59. The van der Waals surface area contributed by atoms with Gasteiger partial charge in [0.2, 0.25) is 5.28 Å². The Hall–Kier alpha value is -1.57. The van der Waals surface area contributed by atoms with Crippen LogP contribution in [0.3, 0.4) is 0 Å². The van der Waals surface area contributed by atoms with E-state index in [9.17, 15) is 8.42 Å². The van der Waals surface area contributed by atoms with Gasteiger partial charge in [-0.1, -0.05) is 11.6 Å². The first-order chi connectivity index (χ1) is 9.42. The Kier molecular flexibility index (Phi) is 4.32. The Morgan fingerprint density at radius 2 is 2.00 bits per heavy atom. The molecule has 0 aliphatic carbocycles. The summed E-state index contributed by atoms with van der Waals surface area (Å²) < 4.78 is 31.8. The van der Waals surface area contributed by atoms with Crippen molar-refractivity contribution in [3.05, 3.63) is 40.8 Å². The van der Waals surface area contributed by atoms with Gasteiger partial charge in [-0.05, 0) is 29.8 Å². The average Bonchev–Trinajstić information content (AvgIpc) is 2.37. The fourth-order valence-corrected chi connectivity index (χ4v) is 2.91. The molecule has 0 unspecified atom stereocenters. The lowest BCUT2D eigenvalue weighted by atomic mass is 10.3. The third-order valence-corrected chi connectivity index (χ3v) is 4.09. The molecule has 1 aromatic heterocycles. The number of hydrogen-bond donors (Lipinski definition) is 1. The van der Waals surface area contributed by atoms with Gasteiger partial charge in [-0.25, -0.2) is 13.4 Å². The van der Waals surface area contributed by atoms with Crippen LogP contribution >= 0.6 is 23.2 Å². The van der Waals surface area contributed by atoms with Gasteiger partial charge < -0.3 is 4.74 Å². The summed E-state index contributed by atoms with van der Waals surface area (Å²) in [5, 5.41) is 0.305. The van der Waals surface area contributed by atoms with Crippen molar-refractivity contribution in [2.45, 2.75) is 4.90 Å². The minimum absolute atomic E-state index is 0.0564. The Labute approximate surface area is 125 Å². The zero-order chi connectivity index (χ0) is 14.8. The molecule has 2 rings (SSSR count). The Morgan fingerprint density at radius 1 is 1.25 bits per heavy atom. The molecule has 9 heteroatoms. The molecule has 0 fully saturated rings. The van der Waals surface area contributed by atoms with Gasteiger partial charge in [0.05, 0.1) is 7.11 Å². The molecule has 0 bridgehead atoms. The van der Waals surface area contributed by atoms with Crippen LogP contribution in [0.2, 0.25) is 10.3 Å². The van der Waals surface area contributed by atoms with E-state index in [1.54, 1.807) is 0 Å². The van der Waals surface area contributed by atoms with Gasteiger partial charge in [-0.15, -0.1) is 0 Å². The summed E-state index contributed by atoms with van der Waals surface area (Å²) in [4.78, 5) is 7.36. The van der Waals surface area contributed by atoms with Gasteiger partial charge >= 0.3 is 0 Å². The van der Waals surface area contributed by atoms with Gasteiger partial charge in [-0.3, -0.25) is 4.72 Å². The first-order valence-electron chi connectivity index (χ1n) is 5.27. The smallest absolute Gasteiger partial charge is 0.266 e. The molecule has 0 saturated heterocycles. The zero-order valence-electron chi connectivity index (χ0n) is 10.2. The molecule has 106 valence electrons. The minimum Gasteiger partial charge on any atom is -0.495 e. The molecule has 0 aliphatic rings. The topological polar surface area (TPSA) is 81.2 Å². The van der Waals surface area contributed by atoms with E-state index in [4.69, 9.17) is 27.9 Å². The Morgan fingerprint density at radius 3 is 2.65 bits per heavy atom. The highest BCUT2D eigenvalue weighted by atomic mass is 35.5. The monoisotopic (exact) mass is 333 g/mol. The molecule has 0 saturated carbocycles. The summed E-state index contributed by atoms with van der Waals surface area (Å²) in [5.41, 5.74) is 0. The molecule has 0 atom stereocenters. The lowest BCUT2D eigenvalue weighted by Crippen LogP contribution is -2.15. The molecule has 1 heterocycles. The number of methoxy groups -OCH3 is 1. The number of aromatic nitrogens is 2. The Balaban J connectivity index is 2.40. The van der Waals surface area contributed by atoms with Crippen LogP contribution in [0.5, 0.6) is 5.75 Å². The van der Waals surface area contributed by atoms with Crippen LogP contribution in [-0.4, -0.2) is 25.5 Å². The van der Waals surface area contributed by atoms with E-state index in [0.29, 0.717) is 5.02 Å². The second kappa shape index (κ2) is 5.82. The summed E-state index contributed by atoms with van der Waals surface area (Å²) >= 11 is 11.4. The van der Waals surface area contributed by atoms with Crippen molar-refractivity contribution in [2.75, 3.05) is 11.8 Å². The lowest BCUT2D eigenvalue weighted by molar-refractivity contribution is 0.403. The number of hydrogen-bond acceptors (Lipinski definition) is 5. The molecule has 0 aliphatic heterocycles. The standard InChI is InChI=1S/C11H9Cl2N3O3S/c1-19-8-6-7(12)2-3-9(8)20(17,18)16-10-4-5-14-11(13)15-10/h2-6H,1H3,(H,14,15,16). The van der Waals surface area contributed by atoms with Crippen molar-refractivity contribution in [2.24, 2.45) is 0 Å². The highest BCUT2D eigenvalue weighted by molar-refractivity contribution is 7.92. The van der Waals surface area contributed by atoms with E-state index in [1.165, 1.54) is 37.6 Å². The van der Waals surface area contributed by atoms with Crippen LogP contribution in [0.15, 0.2) is 35.4 Å². The lowest BCUT2D eigenvalue weighted by Gasteiger charge is -2.11. The third kappa shape index (κ3) is 3.30. The van der Waals surface area contributed by atoms with E-state index >= 15 is 0 Å². The van der Waals surface area contributed by atoms with Gasteiger partial charge in [0.25, 0.3) is 10.0 Å². The van der Waals surface area contributed by atoms with E-state index < -0.39 is 10.0 Å². The largest absolute Gasteiger partial charge is 0.495 e. The zero-order valence-corrected chi connectivity index (χ0v) is 12.5. The van der Waals surface area contributed by atoms with E-state index in [2.05, 4.69) is 14.7 Å². The molecule has 2 aromatic rings. The molecule has 6 nitrogen and oxygen atoms in total. The Bertz CT molecular complexity index is 737. The molecule has 0 radical (unpaired) electrons. The number of halogens is 2. The fourth-order valence-electron chi connectivity index (χ4n) is 1.45. The molecular weight excluding hydrogens is 325 g/mol. The van der Waals surface area contributed by atoms with Gasteiger partial charge in [-0.2, -0.15) is 4.98 Å². The minimum atomic E-state index is -3.87. The number of nitrogens with zero attached hydrogens (tertiary/aromatic N) is 2.